The Balaban J connectivity index is 1.58. The van der Waals surface area contributed by atoms with Gasteiger partial charge >= 0.3 is 0 Å². The molecule has 116 valence electrons. The van der Waals surface area contributed by atoms with Crippen LogP contribution in [0.5, 0.6) is 0 Å². The van der Waals surface area contributed by atoms with Crippen LogP contribution >= 0.6 is 11.3 Å². The molecular weight excluding hydrogens is 298 g/mol. The second-order valence-electron chi connectivity index (χ2n) is 6.58. The van der Waals surface area contributed by atoms with E-state index in [1.165, 1.54) is 35.2 Å². The van der Waals surface area contributed by atoms with Crippen LogP contribution < -0.4 is 0 Å². The molecule has 0 bridgehead atoms. The number of hydrogen-bond donors (Lipinski definition) is 0. The third-order valence-electron chi connectivity index (χ3n) is 4.69. The maximum atomic E-state index is 4.97. The molecule has 1 atom stereocenters. The molecule has 1 aromatic heterocycles. The van der Waals surface area contributed by atoms with Crippen molar-refractivity contribution in [2.45, 2.75) is 32.1 Å². The summed E-state index contributed by atoms with van der Waals surface area (Å²) >= 11 is 1.78. The lowest BCUT2D eigenvalue weighted by Gasteiger charge is -2.14. The molecule has 1 nitrogen and oxygen atoms in total. The van der Waals surface area contributed by atoms with E-state index in [1.807, 2.05) is 0 Å². The third-order valence-corrected chi connectivity index (χ3v) is 5.60. The van der Waals surface area contributed by atoms with E-state index >= 15 is 0 Å². The molecule has 1 fully saturated rings. The molecule has 0 aliphatic heterocycles. The molecule has 1 aliphatic carbocycles. The van der Waals surface area contributed by atoms with Crippen molar-refractivity contribution in [3.8, 4) is 10.6 Å². The van der Waals surface area contributed by atoms with E-state index in [1.54, 1.807) is 11.3 Å². The number of benzene rings is 2. The normalized spacial score (nSPS) is 15.5. The van der Waals surface area contributed by atoms with Crippen molar-refractivity contribution in [3.63, 3.8) is 0 Å². The minimum atomic E-state index is 0.575. The smallest absolute Gasteiger partial charge is 0.123 e. The van der Waals surface area contributed by atoms with Gasteiger partial charge in [-0.3, -0.25) is 0 Å². The number of rotatable bonds is 5. The van der Waals surface area contributed by atoms with Crippen LogP contribution in [0.1, 0.15) is 35.6 Å². The number of thiazole rings is 1. The summed E-state index contributed by atoms with van der Waals surface area (Å²) in [7, 11) is 0. The molecule has 0 saturated heterocycles. The highest BCUT2D eigenvalue weighted by atomic mass is 32.1. The van der Waals surface area contributed by atoms with Gasteiger partial charge in [-0.25, -0.2) is 4.98 Å². The van der Waals surface area contributed by atoms with Crippen molar-refractivity contribution in [1.29, 1.82) is 0 Å². The van der Waals surface area contributed by atoms with E-state index in [-0.39, 0.29) is 0 Å². The molecule has 1 saturated carbocycles. The fourth-order valence-electron chi connectivity index (χ4n) is 3.16. The largest absolute Gasteiger partial charge is 0.241 e. The first-order chi connectivity index (χ1) is 11.3. The summed E-state index contributed by atoms with van der Waals surface area (Å²) in [5.41, 5.74) is 5.28. The summed E-state index contributed by atoms with van der Waals surface area (Å²) in [6.07, 6.45) is 3.83. The second-order valence-corrected chi connectivity index (χ2v) is 7.44. The summed E-state index contributed by atoms with van der Waals surface area (Å²) in [4.78, 5) is 4.97. The summed E-state index contributed by atoms with van der Waals surface area (Å²) in [5, 5.41) is 3.43. The minimum absolute atomic E-state index is 0.575. The first kappa shape index (κ1) is 14.6. The van der Waals surface area contributed by atoms with E-state index < -0.39 is 0 Å². The lowest BCUT2D eigenvalue weighted by Crippen LogP contribution is -2.06. The maximum Gasteiger partial charge on any atom is 0.123 e. The van der Waals surface area contributed by atoms with Gasteiger partial charge in [-0.2, -0.15) is 0 Å². The summed E-state index contributed by atoms with van der Waals surface area (Å²) in [6.45, 7) is 2.15. The lowest BCUT2D eigenvalue weighted by molar-refractivity contribution is 0.589. The van der Waals surface area contributed by atoms with Gasteiger partial charge < -0.3 is 0 Å². The summed E-state index contributed by atoms with van der Waals surface area (Å²) in [6, 6.07) is 19.5. The maximum absolute atomic E-state index is 4.97. The van der Waals surface area contributed by atoms with Gasteiger partial charge in [0.25, 0.3) is 0 Å². The van der Waals surface area contributed by atoms with Crippen LogP contribution in [-0.2, 0) is 6.42 Å². The molecular formula is C21H21NS. The number of hydrogen-bond acceptors (Lipinski definition) is 2. The third kappa shape index (κ3) is 3.37. The van der Waals surface area contributed by atoms with Gasteiger partial charge in [0.15, 0.2) is 0 Å². The molecule has 2 heteroatoms. The van der Waals surface area contributed by atoms with Crippen molar-refractivity contribution in [3.05, 3.63) is 76.8 Å². The topological polar surface area (TPSA) is 12.9 Å². The molecule has 4 rings (SSSR count). The zero-order valence-corrected chi connectivity index (χ0v) is 14.2. The Labute approximate surface area is 142 Å². The van der Waals surface area contributed by atoms with Crippen LogP contribution in [0.3, 0.4) is 0 Å². The van der Waals surface area contributed by atoms with Crippen molar-refractivity contribution in [2.24, 2.45) is 5.92 Å². The van der Waals surface area contributed by atoms with Gasteiger partial charge in [0.05, 0.1) is 5.69 Å². The lowest BCUT2D eigenvalue weighted by atomic mass is 9.92. The van der Waals surface area contributed by atoms with Crippen LogP contribution in [0.4, 0.5) is 0 Å². The highest BCUT2D eigenvalue weighted by Crippen LogP contribution is 2.45. The molecule has 2 aromatic carbocycles. The highest BCUT2D eigenvalue weighted by Gasteiger charge is 2.33. The predicted molar refractivity (Wildman–Crippen MR) is 97.9 cm³/mol. The molecule has 0 spiro atoms. The standard InChI is InChI=1S/C21H21NS/c1-15-7-9-16(10-8-15)13-19(17-11-12-17)20-14-23-21(22-20)18-5-3-2-4-6-18/h2-10,14,17,19H,11-13H2,1H3. The molecule has 0 N–H and O–H groups in total. The quantitative estimate of drug-likeness (QED) is 0.574. The molecule has 23 heavy (non-hydrogen) atoms. The fraction of sp³-hybridized carbons (Fsp3) is 0.286. The average molecular weight is 319 g/mol. The van der Waals surface area contributed by atoms with Crippen LogP contribution in [0.2, 0.25) is 0 Å². The first-order valence-electron chi connectivity index (χ1n) is 8.36. The van der Waals surface area contributed by atoms with E-state index in [2.05, 4.69) is 66.9 Å². The molecule has 1 heterocycles. The Hall–Kier alpha value is -1.93. The molecule has 1 unspecified atom stereocenters. The van der Waals surface area contributed by atoms with Crippen LogP contribution in [0.15, 0.2) is 60.0 Å². The van der Waals surface area contributed by atoms with Gasteiger partial charge in [-0.15, -0.1) is 11.3 Å². The van der Waals surface area contributed by atoms with Crippen molar-refractivity contribution >= 4 is 11.3 Å². The zero-order valence-electron chi connectivity index (χ0n) is 13.4. The molecule has 0 radical (unpaired) electrons. The minimum Gasteiger partial charge on any atom is -0.241 e. The number of aromatic nitrogens is 1. The Morgan fingerprint density at radius 2 is 1.78 bits per heavy atom. The Morgan fingerprint density at radius 3 is 2.48 bits per heavy atom. The van der Waals surface area contributed by atoms with E-state index in [0.29, 0.717) is 5.92 Å². The van der Waals surface area contributed by atoms with Crippen molar-refractivity contribution in [2.75, 3.05) is 0 Å². The molecule has 1 aliphatic rings. The fourth-order valence-corrected chi connectivity index (χ4v) is 4.05. The van der Waals surface area contributed by atoms with Gasteiger partial charge in [0.2, 0.25) is 0 Å². The first-order valence-corrected chi connectivity index (χ1v) is 9.24. The Kier molecular flexibility index (Phi) is 4.00. The number of aryl methyl sites for hydroxylation is 1. The number of nitrogens with zero attached hydrogens (tertiary/aromatic N) is 1. The summed E-state index contributed by atoms with van der Waals surface area (Å²) < 4.78 is 0. The van der Waals surface area contributed by atoms with E-state index in [0.717, 1.165) is 17.3 Å². The van der Waals surface area contributed by atoms with Gasteiger partial charge in [-0.05, 0) is 37.7 Å². The highest BCUT2D eigenvalue weighted by molar-refractivity contribution is 7.13. The van der Waals surface area contributed by atoms with Crippen LogP contribution in [0.25, 0.3) is 10.6 Å². The van der Waals surface area contributed by atoms with E-state index in [4.69, 9.17) is 4.98 Å². The van der Waals surface area contributed by atoms with Gasteiger partial charge in [0, 0.05) is 16.9 Å². The molecule has 3 aromatic rings. The predicted octanol–water partition coefficient (Wildman–Crippen LogP) is 5.85. The zero-order chi connectivity index (χ0) is 15.6. The Bertz CT molecular complexity index is 769. The monoisotopic (exact) mass is 319 g/mol. The summed E-state index contributed by atoms with van der Waals surface area (Å²) in [5.74, 6) is 1.40. The second kappa shape index (κ2) is 6.29. The van der Waals surface area contributed by atoms with Crippen molar-refractivity contribution in [1.82, 2.24) is 4.98 Å². The van der Waals surface area contributed by atoms with Crippen molar-refractivity contribution < 1.29 is 0 Å². The SMILES string of the molecule is Cc1ccc(CC(c2csc(-c3ccccc3)n2)C2CC2)cc1. The van der Waals surface area contributed by atoms with Gasteiger partial charge in [-0.1, -0.05) is 60.2 Å². The Morgan fingerprint density at radius 1 is 1.04 bits per heavy atom. The van der Waals surface area contributed by atoms with Crippen LogP contribution in [0, 0.1) is 12.8 Å². The van der Waals surface area contributed by atoms with E-state index in [9.17, 15) is 0 Å². The van der Waals surface area contributed by atoms with Gasteiger partial charge in [0.1, 0.15) is 5.01 Å². The average Bonchev–Trinajstić information content (AvgIpc) is 3.31. The van der Waals surface area contributed by atoms with Crippen LogP contribution in [-0.4, -0.2) is 4.98 Å². The molecule has 0 amide bonds.